The average Bonchev–Trinajstić information content (AvgIpc) is 3.32. The first kappa shape index (κ1) is 18.7. The zero-order valence-corrected chi connectivity index (χ0v) is 15.6. The van der Waals surface area contributed by atoms with Crippen molar-refractivity contribution in [3.8, 4) is 16.5 Å². The number of carbonyl (C=O) groups is 1. The number of aromatic nitrogens is 1. The van der Waals surface area contributed by atoms with E-state index in [1.165, 1.54) is 11.3 Å². The van der Waals surface area contributed by atoms with E-state index in [2.05, 4.69) is 10.3 Å². The Kier molecular flexibility index (Phi) is 6.16. The summed E-state index contributed by atoms with van der Waals surface area (Å²) in [5.74, 6) is 0.576. The van der Waals surface area contributed by atoms with E-state index < -0.39 is 6.10 Å². The van der Waals surface area contributed by atoms with Crippen LogP contribution in [0.25, 0.3) is 10.8 Å². The lowest BCUT2D eigenvalue weighted by molar-refractivity contribution is 0.0840. The van der Waals surface area contributed by atoms with Crippen molar-refractivity contribution < 1.29 is 19.1 Å². The maximum absolute atomic E-state index is 12.1. The number of hydrogen-bond acceptors (Lipinski definition) is 6. The van der Waals surface area contributed by atoms with Crippen molar-refractivity contribution in [2.45, 2.75) is 6.10 Å². The maximum Gasteiger partial charge on any atom is 0.270 e. The molecule has 26 heavy (non-hydrogen) atoms. The number of carbonyl (C=O) groups excluding carboxylic acids is 1. The third-order valence-corrected chi connectivity index (χ3v) is 4.97. The van der Waals surface area contributed by atoms with E-state index in [4.69, 9.17) is 32.4 Å². The van der Waals surface area contributed by atoms with E-state index in [0.717, 1.165) is 0 Å². The van der Waals surface area contributed by atoms with Crippen molar-refractivity contribution in [3.05, 3.63) is 57.7 Å². The molecule has 1 aromatic carbocycles. The molecule has 136 valence electrons. The molecule has 3 aromatic rings. The molecule has 1 atom stereocenters. The van der Waals surface area contributed by atoms with Crippen LogP contribution in [0.4, 0.5) is 0 Å². The van der Waals surface area contributed by atoms with Crippen molar-refractivity contribution in [3.63, 3.8) is 0 Å². The zero-order valence-electron chi connectivity index (χ0n) is 13.3. The van der Waals surface area contributed by atoms with Gasteiger partial charge in [0.25, 0.3) is 5.91 Å². The first-order chi connectivity index (χ1) is 12.5. The van der Waals surface area contributed by atoms with Crippen molar-refractivity contribution in [2.24, 2.45) is 0 Å². The summed E-state index contributed by atoms with van der Waals surface area (Å²) < 4.78 is 10.7. The van der Waals surface area contributed by atoms with E-state index >= 15 is 0 Å². The molecule has 2 N–H and O–H groups in total. The molecule has 0 aliphatic carbocycles. The van der Waals surface area contributed by atoms with Crippen LogP contribution in [0, 0.1) is 0 Å². The molecule has 0 fully saturated rings. The van der Waals surface area contributed by atoms with Gasteiger partial charge in [0.15, 0.2) is 10.8 Å². The first-order valence-corrected chi connectivity index (χ1v) is 9.20. The largest absolute Gasteiger partial charge is 0.489 e. The van der Waals surface area contributed by atoms with Crippen LogP contribution >= 0.6 is 34.5 Å². The Morgan fingerprint density at radius 1 is 1.35 bits per heavy atom. The Bertz CT molecular complexity index is 883. The van der Waals surface area contributed by atoms with Crippen LogP contribution in [-0.2, 0) is 0 Å². The van der Waals surface area contributed by atoms with Gasteiger partial charge in [-0.05, 0) is 24.3 Å². The first-order valence-electron chi connectivity index (χ1n) is 7.57. The number of furan rings is 1. The minimum Gasteiger partial charge on any atom is -0.489 e. The van der Waals surface area contributed by atoms with Crippen LogP contribution in [0.5, 0.6) is 5.75 Å². The number of aliphatic hydroxyl groups is 1. The van der Waals surface area contributed by atoms with Gasteiger partial charge in [-0.2, -0.15) is 0 Å². The number of rotatable bonds is 7. The summed E-state index contributed by atoms with van der Waals surface area (Å²) in [7, 11) is 0. The van der Waals surface area contributed by atoms with Gasteiger partial charge in [0, 0.05) is 11.9 Å². The summed E-state index contributed by atoms with van der Waals surface area (Å²) in [6, 6.07) is 8.49. The molecular weight excluding hydrogens is 399 g/mol. The van der Waals surface area contributed by atoms with Gasteiger partial charge in [-0.3, -0.25) is 4.79 Å². The molecule has 2 aromatic heterocycles. The zero-order chi connectivity index (χ0) is 18.5. The molecule has 0 aliphatic heterocycles. The summed E-state index contributed by atoms with van der Waals surface area (Å²) in [4.78, 5) is 16.3. The minimum atomic E-state index is -0.919. The molecule has 0 saturated carbocycles. The van der Waals surface area contributed by atoms with E-state index in [9.17, 15) is 9.90 Å². The second-order valence-electron chi connectivity index (χ2n) is 5.24. The topological polar surface area (TPSA) is 84.6 Å². The van der Waals surface area contributed by atoms with Crippen LogP contribution in [0.2, 0.25) is 10.0 Å². The number of hydrogen-bond donors (Lipinski definition) is 2. The predicted molar refractivity (Wildman–Crippen MR) is 100 cm³/mol. The maximum atomic E-state index is 12.1. The van der Waals surface area contributed by atoms with Crippen molar-refractivity contribution >= 4 is 40.4 Å². The van der Waals surface area contributed by atoms with Crippen LogP contribution in [0.3, 0.4) is 0 Å². The fraction of sp³-hybridized carbons (Fsp3) is 0.176. The SMILES string of the molecule is O=C(NCC(O)COc1cccc(Cl)c1Cl)c1csc(-c2ccco2)n1. The Morgan fingerprint density at radius 3 is 2.96 bits per heavy atom. The highest BCUT2D eigenvalue weighted by molar-refractivity contribution is 7.13. The summed E-state index contributed by atoms with van der Waals surface area (Å²) in [5, 5.41) is 15.5. The number of thiazole rings is 1. The highest BCUT2D eigenvalue weighted by Crippen LogP contribution is 2.31. The number of nitrogens with zero attached hydrogens (tertiary/aromatic N) is 1. The van der Waals surface area contributed by atoms with Gasteiger partial charge in [-0.15, -0.1) is 11.3 Å². The molecule has 3 rings (SSSR count). The molecule has 0 aliphatic rings. The third-order valence-electron chi connectivity index (χ3n) is 3.31. The number of benzene rings is 1. The minimum absolute atomic E-state index is 0.00459. The van der Waals surface area contributed by atoms with E-state index in [-0.39, 0.29) is 29.8 Å². The predicted octanol–water partition coefficient (Wildman–Crippen LogP) is 3.88. The number of amides is 1. The molecule has 1 unspecified atom stereocenters. The van der Waals surface area contributed by atoms with Gasteiger partial charge < -0.3 is 19.6 Å². The molecule has 9 heteroatoms. The van der Waals surface area contributed by atoms with Gasteiger partial charge in [0.1, 0.15) is 29.2 Å². The van der Waals surface area contributed by atoms with E-state index in [0.29, 0.717) is 21.5 Å². The number of aliphatic hydroxyl groups excluding tert-OH is 1. The highest BCUT2D eigenvalue weighted by atomic mass is 35.5. The standard InChI is InChI=1S/C17H14Cl2N2O4S/c18-11-3-1-4-13(15(11)19)25-8-10(22)7-20-16(23)12-9-26-17(21-12)14-5-2-6-24-14/h1-6,9-10,22H,7-8H2,(H,20,23). The normalized spacial score (nSPS) is 12.0. The Morgan fingerprint density at radius 2 is 2.19 bits per heavy atom. The molecule has 0 bridgehead atoms. The fourth-order valence-corrected chi connectivity index (χ4v) is 3.15. The average molecular weight is 413 g/mol. The lowest BCUT2D eigenvalue weighted by atomic mass is 10.3. The highest BCUT2D eigenvalue weighted by Gasteiger charge is 2.15. The van der Waals surface area contributed by atoms with Crippen molar-refractivity contribution in [1.29, 1.82) is 0 Å². The summed E-state index contributed by atoms with van der Waals surface area (Å²) in [5.41, 5.74) is 0.257. The van der Waals surface area contributed by atoms with Gasteiger partial charge in [-0.1, -0.05) is 29.3 Å². The van der Waals surface area contributed by atoms with E-state index in [1.54, 1.807) is 42.0 Å². The summed E-state index contributed by atoms with van der Waals surface area (Å²) >= 11 is 13.2. The Labute approximate surface area is 163 Å². The van der Waals surface area contributed by atoms with Gasteiger partial charge in [0.05, 0.1) is 11.3 Å². The van der Waals surface area contributed by atoms with Gasteiger partial charge in [-0.25, -0.2) is 4.98 Å². The van der Waals surface area contributed by atoms with Crippen LogP contribution in [-0.4, -0.2) is 35.3 Å². The third kappa shape index (κ3) is 4.56. The molecule has 2 heterocycles. The fourth-order valence-electron chi connectivity index (χ4n) is 2.03. The number of ether oxygens (including phenoxy) is 1. The molecule has 0 spiro atoms. The smallest absolute Gasteiger partial charge is 0.270 e. The monoisotopic (exact) mass is 412 g/mol. The molecule has 1 amide bonds. The Balaban J connectivity index is 1.49. The quantitative estimate of drug-likeness (QED) is 0.614. The van der Waals surface area contributed by atoms with Crippen molar-refractivity contribution in [2.75, 3.05) is 13.2 Å². The lowest BCUT2D eigenvalue weighted by Crippen LogP contribution is -2.35. The lowest BCUT2D eigenvalue weighted by Gasteiger charge is -2.14. The Hall–Kier alpha value is -2.06. The van der Waals surface area contributed by atoms with Crippen LogP contribution in [0.15, 0.2) is 46.4 Å². The van der Waals surface area contributed by atoms with E-state index in [1.807, 2.05) is 0 Å². The number of nitrogens with one attached hydrogen (secondary N) is 1. The molecule has 6 nitrogen and oxygen atoms in total. The van der Waals surface area contributed by atoms with Gasteiger partial charge >= 0.3 is 0 Å². The second kappa shape index (κ2) is 8.55. The molecule has 0 saturated heterocycles. The van der Waals surface area contributed by atoms with Gasteiger partial charge in [0.2, 0.25) is 0 Å². The summed E-state index contributed by atoms with van der Waals surface area (Å²) in [6.07, 6.45) is 0.621. The number of halogens is 2. The van der Waals surface area contributed by atoms with Crippen molar-refractivity contribution in [1.82, 2.24) is 10.3 Å². The molecular formula is C17H14Cl2N2O4S. The molecule has 0 radical (unpaired) electrons. The summed E-state index contributed by atoms with van der Waals surface area (Å²) in [6.45, 7) is -0.0420. The second-order valence-corrected chi connectivity index (χ2v) is 6.89. The van der Waals surface area contributed by atoms with Crippen LogP contribution in [0.1, 0.15) is 10.5 Å². The van der Waals surface area contributed by atoms with Crippen LogP contribution < -0.4 is 10.1 Å².